The molecule has 19 heavy (non-hydrogen) atoms. The van der Waals surface area contributed by atoms with Crippen LogP contribution in [0.25, 0.3) is 0 Å². The lowest BCUT2D eigenvalue weighted by Crippen LogP contribution is -2.20. The van der Waals surface area contributed by atoms with E-state index in [-0.39, 0.29) is 12.4 Å². The Morgan fingerprint density at radius 2 is 2.00 bits per heavy atom. The third-order valence-electron chi connectivity index (χ3n) is 2.33. The summed E-state index contributed by atoms with van der Waals surface area (Å²) < 4.78 is 35.1. The first-order valence-corrected chi connectivity index (χ1v) is 5.28. The van der Waals surface area contributed by atoms with Crippen molar-refractivity contribution < 1.29 is 33.0 Å². The molecule has 0 fully saturated rings. The second-order valence-corrected chi connectivity index (χ2v) is 3.69. The molecule has 0 saturated heterocycles. The number of carbonyl (C=O) groups excluding carboxylic acids is 1. The maximum atomic E-state index is 13.1. The van der Waals surface area contributed by atoms with Gasteiger partial charge in [-0.25, -0.2) is 8.78 Å². The molecule has 1 aromatic carbocycles. The van der Waals surface area contributed by atoms with Crippen molar-refractivity contribution >= 4 is 11.9 Å². The van der Waals surface area contributed by atoms with Crippen molar-refractivity contribution in [3.63, 3.8) is 0 Å². The second-order valence-electron chi connectivity index (χ2n) is 3.69. The van der Waals surface area contributed by atoms with Crippen LogP contribution in [0.5, 0.6) is 0 Å². The molecule has 0 spiro atoms. The number of aliphatic carboxylic acids is 1. The van der Waals surface area contributed by atoms with Gasteiger partial charge in [0.25, 0.3) is 0 Å². The molecule has 0 aliphatic heterocycles. The molecule has 0 heterocycles. The van der Waals surface area contributed by atoms with Crippen LogP contribution >= 0.6 is 0 Å². The van der Waals surface area contributed by atoms with Gasteiger partial charge in [0, 0.05) is 7.11 Å². The number of halogens is 2. The van der Waals surface area contributed by atoms with Crippen LogP contribution in [0.2, 0.25) is 0 Å². The summed E-state index contributed by atoms with van der Waals surface area (Å²) in [6.45, 7) is -0.349. The van der Waals surface area contributed by atoms with E-state index < -0.39 is 35.9 Å². The summed E-state index contributed by atoms with van der Waals surface area (Å²) in [5.74, 6) is -5.60. The Morgan fingerprint density at radius 3 is 2.53 bits per heavy atom. The Bertz CT molecular complexity index is 475. The third-order valence-corrected chi connectivity index (χ3v) is 2.33. The van der Waals surface area contributed by atoms with E-state index in [4.69, 9.17) is 5.11 Å². The number of benzene rings is 1. The van der Waals surface area contributed by atoms with E-state index in [1.54, 1.807) is 0 Å². The summed E-state index contributed by atoms with van der Waals surface area (Å²) in [6, 6.07) is 2.74. The predicted molar refractivity (Wildman–Crippen MR) is 59.3 cm³/mol. The molecule has 0 amide bonds. The average Bonchev–Trinajstić information content (AvgIpc) is 2.36. The van der Waals surface area contributed by atoms with Gasteiger partial charge in [0.1, 0.15) is 0 Å². The van der Waals surface area contributed by atoms with Crippen LogP contribution in [-0.4, -0.2) is 30.9 Å². The largest absolute Gasteiger partial charge is 0.481 e. The predicted octanol–water partition coefficient (Wildman–Crippen LogP) is 1.67. The van der Waals surface area contributed by atoms with E-state index in [2.05, 4.69) is 9.47 Å². The summed E-state index contributed by atoms with van der Waals surface area (Å²) in [6.07, 6.45) is -0.590. The maximum Gasteiger partial charge on any atom is 0.316 e. The van der Waals surface area contributed by atoms with Crippen LogP contribution in [-0.2, 0) is 19.1 Å². The minimum Gasteiger partial charge on any atom is -0.481 e. The summed E-state index contributed by atoms with van der Waals surface area (Å²) in [7, 11) is 1.29. The van der Waals surface area contributed by atoms with Gasteiger partial charge in [-0.3, -0.25) is 9.59 Å². The fourth-order valence-corrected chi connectivity index (χ4v) is 1.46. The van der Waals surface area contributed by atoms with E-state index in [9.17, 15) is 18.4 Å². The quantitative estimate of drug-likeness (QED) is 0.631. The Hall–Kier alpha value is -2.02. The number of carbonyl (C=O) groups is 2. The molecule has 104 valence electrons. The number of methoxy groups -OCH3 is 1. The molecular formula is C12H12F2O5. The van der Waals surface area contributed by atoms with E-state index >= 15 is 0 Å². The fraction of sp³-hybridized carbons (Fsp3) is 0.333. The zero-order valence-corrected chi connectivity index (χ0v) is 10.1. The lowest BCUT2D eigenvalue weighted by molar-refractivity contribution is -0.158. The average molecular weight is 274 g/mol. The zero-order valence-electron chi connectivity index (χ0n) is 10.1. The van der Waals surface area contributed by atoms with Crippen molar-refractivity contribution in [2.75, 3.05) is 13.9 Å². The zero-order chi connectivity index (χ0) is 14.4. The number of hydrogen-bond acceptors (Lipinski definition) is 4. The Kier molecular flexibility index (Phi) is 5.37. The summed E-state index contributed by atoms with van der Waals surface area (Å²) in [5, 5.41) is 8.74. The molecule has 5 nitrogen and oxygen atoms in total. The van der Waals surface area contributed by atoms with Crippen LogP contribution in [0.1, 0.15) is 17.9 Å². The number of hydrogen-bond donors (Lipinski definition) is 1. The number of carboxylic acids is 1. The van der Waals surface area contributed by atoms with Crippen molar-refractivity contribution in [2.24, 2.45) is 0 Å². The van der Waals surface area contributed by atoms with Gasteiger partial charge >= 0.3 is 11.9 Å². The number of rotatable bonds is 6. The van der Waals surface area contributed by atoms with Gasteiger partial charge in [0.15, 0.2) is 18.4 Å². The van der Waals surface area contributed by atoms with Crippen LogP contribution in [0.15, 0.2) is 18.2 Å². The first-order chi connectivity index (χ1) is 8.95. The molecule has 0 aliphatic carbocycles. The molecule has 1 N–H and O–H groups in total. The number of ether oxygens (including phenoxy) is 2. The van der Waals surface area contributed by atoms with Gasteiger partial charge in [-0.05, 0) is 17.7 Å². The van der Waals surface area contributed by atoms with E-state index in [1.807, 2.05) is 0 Å². The standard InChI is InChI=1S/C12H12F2O5/c1-18-6-19-12(17)8(5-11(15)16)7-2-3-9(13)10(14)4-7/h2-4,8H,5-6H2,1H3,(H,15,16). The molecule has 1 aromatic rings. The Balaban J connectivity index is 2.98. The molecule has 0 radical (unpaired) electrons. The SMILES string of the molecule is COCOC(=O)C(CC(=O)O)c1ccc(F)c(F)c1. The highest BCUT2D eigenvalue weighted by Gasteiger charge is 2.26. The molecule has 1 atom stereocenters. The molecule has 1 unspecified atom stereocenters. The van der Waals surface area contributed by atoms with Crippen molar-refractivity contribution in [1.82, 2.24) is 0 Å². The first-order valence-electron chi connectivity index (χ1n) is 5.28. The van der Waals surface area contributed by atoms with Crippen LogP contribution in [0, 0.1) is 11.6 Å². The molecular weight excluding hydrogens is 262 g/mol. The van der Waals surface area contributed by atoms with E-state index in [0.717, 1.165) is 18.2 Å². The Morgan fingerprint density at radius 1 is 1.32 bits per heavy atom. The highest BCUT2D eigenvalue weighted by molar-refractivity contribution is 5.83. The van der Waals surface area contributed by atoms with E-state index in [1.165, 1.54) is 7.11 Å². The first kappa shape index (κ1) is 15.0. The molecule has 0 aromatic heterocycles. The lowest BCUT2D eigenvalue weighted by atomic mass is 9.95. The van der Waals surface area contributed by atoms with Crippen LogP contribution in [0.3, 0.4) is 0 Å². The highest BCUT2D eigenvalue weighted by atomic mass is 19.2. The van der Waals surface area contributed by atoms with Crippen molar-refractivity contribution in [2.45, 2.75) is 12.3 Å². The fourth-order valence-electron chi connectivity index (χ4n) is 1.46. The molecule has 1 rings (SSSR count). The minimum absolute atomic E-state index is 0.0300. The topological polar surface area (TPSA) is 72.8 Å². The highest BCUT2D eigenvalue weighted by Crippen LogP contribution is 2.23. The molecule has 0 bridgehead atoms. The molecule has 0 saturated carbocycles. The lowest BCUT2D eigenvalue weighted by Gasteiger charge is -2.14. The normalized spacial score (nSPS) is 11.9. The van der Waals surface area contributed by atoms with Gasteiger partial charge in [-0.15, -0.1) is 0 Å². The molecule has 7 heteroatoms. The third kappa shape index (κ3) is 4.29. The summed E-state index contributed by atoms with van der Waals surface area (Å²) >= 11 is 0. The van der Waals surface area contributed by atoms with Crippen molar-refractivity contribution in [1.29, 1.82) is 0 Å². The van der Waals surface area contributed by atoms with Gasteiger partial charge in [-0.1, -0.05) is 6.07 Å². The Labute approximate surface area is 107 Å². The maximum absolute atomic E-state index is 13.1. The van der Waals surface area contributed by atoms with E-state index in [0.29, 0.717) is 0 Å². The van der Waals surface area contributed by atoms with Gasteiger partial charge in [0.05, 0.1) is 12.3 Å². The second kappa shape index (κ2) is 6.79. The summed E-state index contributed by atoms with van der Waals surface area (Å²) in [5.41, 5.74) is 0.0300. The number of carboxylic acid groups (broad SMARTS) is 1. The van der Waals surface area contributed by atoms with Gasteiger partial charge in [-0.2, -0.15) is 0 Å². The van der Waals surface area contributed by atoms with Crippen LogP contribution < -0.4 is 0 Å². The molecule has 0 aliphatic rings. The summed E-state index contributed by atoms with van der Waals surface area (Å²) in [4.78, 5) is 22.4. The monoisotopic (exact) mass is 274 g/mol. The van der Waals surface area contributed by atoms with Gasteiger partial charge in [0.2, 0.25) is 0 Å². The number of esters is 1. The van der Waals surface area contributed by atoms with Gasteiger partial charge < -0.3 is 14.6 Å². The van der Waals surface area contributed by atoms with Crippen molar-refractivity contribution in [3.8, 4) is 0 Å². The van der Waals surface area contributed by atoms with Crippen LogP contribution in [0.4, 0.5) is 8.78 Å². The van der Waals surface area contributed by atoms with Crippen molar-refractivity contribution in [3.05, 3.63) is 35.4 Å². The minimum atomic E-state index is -1.26. The smallest absolute Gasteiger partial charge is 0.316 e.